The maximum atomic E-state index is 12.0. The largest absolute Gasteiger partial charge is 0.355 e. The van der Waals surface area contributed by atoms with Gasteiger partial charge in [-0.2, -0.15) is 0 Å². The molecular formula is C24H48N2O. The highest BCUT2D eigenvalue weighted by Gasteiger charge is 2.17. The normalized spacial score (nSPS) is 15.9. The number of piperidine rings is 1. The fourth-order valence-electron chi connectivity index (χ4n) is 4.03. The van der Waals surface area contributed by atoms with E-state index in [-0.39, 0.29) is 5.91 Å². The molecule has 1 amide bonds. The zero-order valence-corrected chi connectivity index (χ0v) is 18.6. The van der Waals surface area contributed by atoms with E-state index in [1.807, 2.05) is 0 Å². The lowest BCUT2D eigenvalue weighted by Crippen LogP contribution is -2.41. The van der Waals surface area contributed by atoms with Gasteiger partial charge in [-0.3, -0.25) is 9.69 Å². The minimum Gasteiger partial charge on any atom is -0.355 e. The van der Waals surface area contributed by atoms with Crippen molar-refractivity contribution in [3.05, 3.63) is 0 Å². The van der Waals surface area contributed by atoms with Gasteiger partial charge in [-0.25, -0.2) is 0 Å². The second kappa shape index (κ2) is 17.5. The van der Waals surface area contributed by atoms with Gasteiger partial charge < -0.3 is 5.32 Å². The summed E-state index contributed by atoms with van der Waals surface area (Å²) in [5, 5.41) is 3.10. The molecule has 1 saturated heterocycles. The fourth-order valence-corrected chi connectivity index (χ4v) is 4.03. The Bertz CT molecular complexity index is 337. The first kappa shape index (κ1) is 24.5. The molecular weight excluding hydrogens is 332 g/mol. The van der Waals surface area contributed by atoms with Gasteiger partial charge in [0.05, 0.1) is 6.54 Å². The van der Waals surface area contributed by atoms with Crippen molar-refractivity contribution < 1.29 is 4.79 Å². The quantitative estimate of drug-likeness (QED) is 0.300. The van der Waals surface area contributed by atoms with Gasteiger partial charge in [-0.05, 0) is 38.3 Å². The SMILES string of the molecule is CCCCCCCCCCCCCCCCNC(=O)CN1CCC(C)CC1. The van der Waals surface area contributed by atoms with Crippen molar-refractivity contribution in [1.29, 1.82) is 0 Å². The molecule has 3 nitrogen and oxygen atoms in total. The Morgan fingerprint density at radius 3 is 1.70 bits per heavy atom. The molecule has 0 spiro atoms. The Hall–Kier alpha value is -0.570. The van der Waals surface area contributed by atoms with E-state index in [0.29, 0.717) is 6.54 Å². The van der Waals surface area contributed by atoms with E-state index in [9.17, 15) is 4.79 Å². The lowest BCUT2D eigenvalue weighted by atomic mass is 9.99. The molecule has 0 unspecified atom stereocenters. The molecule has 0 aliphatic carbocycles. The third-order valence-electron chi connectivity index (χ3n) is 6.10. The third-order valence-corrected chi connectivity index (χ3v) is 6.10. The Kier molecular flexibility index (Phi) is 15.9. The number of nitrogens with zero attached hydrogens (tertiary/aromatic N) is 1. The number of nitrogens with one attached hydrogen (secondary N) is 1. The summed E-state index contributed by atoms with van der Waals surface area (Å²) in [4.78, 5) is 14.3. The van der Waals surface area contributed by atoms with Gasteiger partial charge in [0.25, 0.3) is 0 Å². The summed E-state index contributed by atoms with van der Waals surface area (Å²) in [5.41, 5.74) is 0. The molecule has 0 saturated carbocycles. The molecule has 1 aliphatic heterocycles. The van der Waals surface area contributed by atoms with Crippen LogP contribution in [-0.2, 0) is 4.79 Å². The van der Waals surface area contributed by atoms with Crippen molar-refractivity contribution >= 4 is 5.91 Å². The Labute approximate surface area is 170 Å². The van der Waals surface area contributed by atoms with E-state index in [1.54, 1.807) is 0 Å². The van der Waals surface area contributed by atoms with Crippen LogP contribution in [0.25, 0.3) is 0 Å². The average molecular weight is 381 g/mol. The number of likely N-dealkylation sites (tertiary alicyclic amines) is 1. The molecule has 0 radical (unpaired) electrons. The van der Waals surface area contributed by atoms with Gasteiger partial charge in [-0.1, -0.05) is 97.3 Å². The first-order valence-corrected chi connectivity index (χ1v) is 12.2. The van der Waals surface area contributed by atoms with Crippen molar-refractivity contribution in [3.63, 3.8) is 0 Å². The topological polar surface area (TPSA) is 32.3 Å². The van der Waals surface area contributed by atoms with Crippen LogP contribution in [0.3, 0.4) is 0 Å². The number of rotatable bonds is 17. The molecule has 0 aromatic carbocycles. The molecule has 1 heterocycles. The third kappa shape index (κ3) is 15.1. The van der Waals surface area contributed by atoms with Gasteiger partial charge in [0, 0.05) is 6.54 Å². The molecule has 3 heteroatoms. The molecule has 0 atom stereocenters. The van der Waals surface area contributed by atoms with E-state index >= 15 is 0 Å². The van der Waals surface area contributed by atoms with E-state index < -0.39 is 0 Å². The van der Waals surface area contributed by atoms with Crippen LogP contribution < -0.4 is 5.32 Å². The van der Waals surface area contributed by atoms with Crippen molar-refractivity contribution in [3.8, 4) is 0 Å². The van der Waals surface area contributed by atoms with Crippen molar-refractivity contribution in [2.45, 2.75) is 117 Å². The molecule has 0 aromatic heterocycles. The summed E-state index contributed by atoms with van der Waals surface area (Å²) >= 11 is 0. The highest BCUT2D eigenvalue weighted by molar-refractivity contribution is 5.77. The Morgan fingerprint density at radius 1 is 0.778 bits per heavy atom. The van der Waals surface area contributed by atoms with Gasteiger partial charge in [0.2, 0.25) is 5.91 Å². The first-order chi connectivity index (χ1) is 13.2. The maximum absolute atomic E-state index is 12.0. The summed E-state index contributed by atoms with van der Waals surface area (Å²) in [7, 11) is 0. The second-order valence-corrected chi connectivity index (χ2v) is 8.90. The Balaban J connectivity index is 1.75. The number of unbranched alkanes of at least 4 members (excludes halogenated alkanes) is 13. The van der Waals surface area contributed by atoms with Crippen molar-refractivity contribution in [1.82, 2.24) is 10.2 Å². The van der Waals surface area contributed by atoms with Gasteiger partial charge in [0.15, 0.2) is 0 Å². The van der Waals surface area contributed by atoms with Gasteiger partial charge in [-0.15, -0.1) is 0 Å². The van der Waals surface area contributed by atoms with Crippen molar-refractivity contribution in [2.75, 3.05) is 26.2 Å². The molecule has 160 valence electrons. The molecule has 1 N–H and O–H groups in total. The lowest BCUT2D eigenvalue weighted by Gasteiger charge is -2.29. The zero-order valence-electron chi connectivity index (χ0n) is 18.6. The summed E-state index contributed by atoms with van der Waals surface area (Å²) in [6.07, 6.45) is 21.8. The number of amides is 1. The average Bonchev–Trinajstić information content (AvgIpc) is 2.66. The second-order valence-electron chi connectivity index (χ2n) is 8.90. The maximum Gasteiger partial charge on any atom is 0.234 e. The molecule has 1 fully saturated rings. The summed E-state index contributed by atoms with van der Waals surface area (Å²) in [6, 6.07) is 0. The number of hydrogen-bond donors (Lipinski definition) is 1. The van der Waals surface area contributed by atoms with Crippen LogP contribution >= 0.6 is 0 Å². The van der Waals surface area contributed by atoms with Crippen LogP contribution in [0.4, 0.5) is 0 Å². The standard InChI is InChI=1S/C24H48N2O/c1-3-4-5-6-7-8-9-10-11-12-13-14-15-16-19-25-24(27)22-26-20-17-23(2)18-21-26/h23H,3-22H2,1-2H3,(H,25,27). The molecule has 1 aliphatic rings. The van der Waals surface area contributed by atoms with Crippen molar-refractivity contribution in [2.24, 2.45) is 5.92 Å². The van der Waals surface area contributed by atoms with Crippen LogP contribution in [0.15, 0.2) is 0 Å². The minimum absolute atomic E-state index is 0.222. The summed E-state index contributed by atoms with van der Waals surface area (Å²) in [5.74, 6) is 1.05. The van der Waals surface area contributed by atoms with Gasteiger partial charge >= 0.3 is 0 Å². The number of hydrogen-bond acceptors (Lipinski definition) is 2. The molecule has 0 aromatic rings. The molecule has 1 rings (SSSR count). The highest BCUT2D eigenvalue weighted by atomic mass is 16.2. The zero-order chi connectivity index (χ0) is 19.6. The minimum atomic E-state index is 0.222. The first-order valence-electron chi connectivity index (χ1n) is 12.2. The predicted molar refractivity (Wildman–Crippen MR) is 118 cm³/mol. The lowest BCUT2D eigenvalue weighted by molar-refractivity contribution is -0.122. The monoisotopic (exact) mass is 380 g/mol. The summed E-state index contributed by atoms with van der Waals surface area (Å²) in [6.45, 7) is 8.24. The molecule has 27 heavy (non-hydrogen) atoms. The summed E-state index contributed by atoms with van der Waals surface area (Å²) < 4.78 is 0. The van der Waals surface area contributed by atoms with Gasteiger partial charge in [0.1, 0.15) is 0 Å². The smallest absolute Gasteiger partial charge is 0.234 e. The molecule has 0 bridgehead atoms. The Morgan fingerprint density at radius 2 is 1.22 bits per heavy atom. The van der Waals surface area contributed by atoms with Crippen LogP contribution in [0.1, 0.15) is 117 Å². The van der Waals surface area contributed by atoms with E-state index in [1.165, 1.54) is 96.3 Å². The predicted octanol–water partition coefficient (Wildman–Crippen LogP) is 6.32. The number of carbonyl (C=O) groups excluding carboxylic acids is 1. The van der Waals surface area contributed by atoms with Crippen LogP contribution in [0.2, 0.25) is 0 Å². The van der Waals surface area contributed by atoms with Crippen LogP contribution in [-0.4, -0.2) is 37.0 Å². The van der Waals surface area contributed by atoms with Crippen LogP contribution in [0.5, 0.6) is 0 Å². The van der Waals surface area contributed by atoms with Crippen LogP contribution in [0, 0.1) is 5.92 Å². The van der Waals surface area contributed by atoms with E-state index in [2.05, 4.69) is 24.1 Å². The highest BCUT2D eigenvalue weighted by Crippen LogP contribution is 2.15. The van der Waals surface area contributed by atoms with E-state index in [0.717, 1.165) is 32.0 Å². The number of carbonyl (C=O) groups is 1. The fraction of sp³-hybridized carbons (Fsp3) is 0.958. The van der Waals surface area contributed by atoms with E-state index in [4.69, 9.17) is 0 Å².